The second kappa shape index (κ2) is 19.9. The molecule has 0 N–H and O–H groups in total. The van der Waals surface area contributed by atoms with Gasteiger partial charge >= 0.3 is 5.97 Å². The summed E-state index contributed by atoms with van der Waals surface area (Å²) in [6, 6.07) is 0. The van der Waals surface area contributed by atoms with E-state index >= 15 is 0 Å². The van der Waals surface area contributed by atoms with Crippen LogP contribution in [0.2, 0.25) is 0 Å². The Morgan fingerprint density at radius 1 is 0.739 bits per heavy atom. The van der Waals surface area contributed by atoms with Crippen molar-refractivity contribution in [1.82, 2.24) is 0 Å². The van der Waals surface area contributed by atoms with Crippen LogP contribution in [0, 0.1) is 0 Å². The zero-order valence-electron chi connectivity index (χ0n) is 14.8. The standard InChI is InChI=1S/C18H35BrO4/c1-2-3-4-5-6-7-8-9-10-11-18(20)23-17-16-22-15-14-21-13-12-19/h2-17H2,1H3. The van der Waals surface area contributed by atoms with Crippen LogP contribution in [0.3, 0.4) is 0 Å². The number of hydrogen-bond donors (Lipinski definition) is 0. The van der Waals surface area contributed by atoms with Gasteiger partial charge in [-0.25, -0.2) is 0 Å². The van der Waals surface area contributed by atoms with Crippen LogP contribution in [0.1, 0.15) is 71.1 Å². The minimum absolute atomic E-state index is 0.105. The summed E-state index contributed by atoms with van der Waals surface area (Å²) in [5.41, 5.74) is 0. The van der Waals surface area contributed by atoms with Crippen LogP contribution in [0.25, 0.3) is 0 Å². The van der Waals surface area contributed by atoms with Crippen LogP contribution >= 0.6 is 15.9 Å². The van der Waals surface area contributed by atoms with Crippen LogP contribution in [0.4, 0.5) is 0 Å². The third-order valence-corrected chi connectivity index (χ3v) is 3.89. The molecule has 0 unspecified atom stereocenters. The lowest BCUT2D eigenvalue weighted by Gasteiger charge is -2.06. The minimum atomic E-state index is -0.105. The Balaban J connectivity index is 3.13. The van der Waals surface area contributed by atoms with Gasteiger partial charge in [-0.1, -0.05) is 74.2 Å². The summed E-state index contributed by atoms with van der Waals surface area (Å²) in [6.45, 7) is 4.85. The summed E-state index contributed by atoms with van der Waals surface area (Å²) >= 11 is 3.28. The third kappa shape index (κ3) is 19.8. The lowest BCUT2D eigenvalue weighted by Crippen LogP contribution is -2.13. The lowest BCUT2D eigenvalue weighted by atomic mass is 10.1. The van der Waals surface area contributed by atoms with Gasteiger partial charge in [0.05, 0.1) is 26.4 Å². The zero-order chi connectivity index (χ0) is 17.0. The number of alkyl halides is 1. The number of ether oxygens (including phenoxy) is 3. The van der Waals surface area contributed by atoms with Gasteiger partial charge < -0.3 is 14.2 Å². The molecule has 0 saturated carbocycles. The quantitative estimate of drug-likeness (QED) is 0.189. The van der Waals surface area contributed by atoms with E-state index in [-0.39, 0.29) is 5.97 Å². The fourth-order valence-corrected chi connectivity index (χ4v) is 2.47. The van der Waals surface area contributed by atoms with Gasteiger partial charge in [0.15, 0.2) is 0 Å². The zero-order valence-corrected chi connectivity index (χ0v) is 16.4. The molecule has 0 atom stereocenters. The molecular weight excluding hydrogens is 360 g/mol. The Kier molecular flexibility index (Phi) is 19.8. The number of hydrogen-bond acceptors (Lipinski definition) is 4. The van der Waals surface area contributed by atoms with Crippen LogP contribution in [0.5, 0.6) is 0 Å². The van der Waals surface area contributed by atoms with Gasteiger partial charge in [-0.2, -0.15) is 0 Å². The van der Waals surface area contributed by atoms with Crippen LogP contribution in [0.15, 0.2) is 0 Å². The number of esters is 1. The molecular formula is C18H35BrO4. The number of unbranched alkanes of at least 4 members (excludes halogenated alkanes) is 8. The van der Waals surface area contributed by atoms with Crippen molar-refractivity contribution in [2.45, 2.75) is 71.1 Å². The molecule has 0 radical (unpaired) electrons. The molecule has 138 valence electrons. The molecule has 0 aromatic carbocycles. The number of rotatable bonds is 18. The van der Waals surface area contributed by atoms with Gasteiger partial charge in [-0.05, 0) is 6.42 Å². The smallest absolute Gasteiger partial charge is 0.305 e. The van der Waals surface area contributed by atoms with Gasteiger partial charge in [0.2, 0.25) is 0 Å². The molecule has 4 nitrogen and oxygen atoms in total. The summed E-state index contributed by atoms with van der Waals surface area (Å²) in [6.07, 6.45) is 11.9. The molecule has 0 aliphatic carbocycles. The van der Waals surface area contributed by atoms with Gasteiger partial charge in [-0.3, -0.25) is 4.79 Å². The first-order chi connectivity index (χ1) is 11.3. The summed E-state index contributed by atoms with van der Waals surface area (Å²) in [4.78, 5) is 11.5. The molecule has 0 aliphatic rings. The van der Waals surface area contributed by atoms with Gasteiger partial charge in [-0.15, -0.1) is 0 Å². The first-order valence-corrected chi connectivity index (χ1v) is 10.3. The molecule has 0 rings (SSSR count). The van der Waals surface area contributed by atoms with E-state index in [0.717, 1.165) is 18.2 Å². The van der Waals surface area contributed by atoms with Crippen LogP contribution < -0.4 is 0 Å². The van der Waals surface area contributed by atoms with Crippen molar-refractivity contribution in [2.24, 2.45) is 0 Å². The maximum atomic E-state index is 11.5. The molecule has 0 aliphatic heterocycles. The molecule has 5 heteroatoms. The topological polar surface area (TPSA) is 44.8 Å². The normalized spacial score (nSPS) is 10.9. The Bertz CT molecular complexity index is 249. The minimum Gasteiger partial charge on any atom is -0.463 e. The van der Waals surface area contributed by atoms with Gasteiger partial charge in [0.1, 0.15) is 6.61 Å². The molecule has 0 aromatic rings. The van der Waals surface area contributed by atoms with Crippen LogP contribution in [-0.4, -0.2) is 44.3 Å². The first-order valence-electron chi connectivity index (χ1n) is 9.18. The molecule has 0 heterocycles. The average Bonchev–Trinajstić information content (AvgIpc) is 2.56. The van der Waals surface area contributed by atoms with E-state index in [2.05, 4.69) is 22.9 Å². The molecule has 0 aromatic heterocycles. The van der Waals surface area contributed by atoms with Crippen molar-refractivity contribution in [1.29, 1.82) is 0 Å². The fourth-order valence-electron chi connectivity index (χ4n) is 2.24. The van der Waals surface area contributed by atoms with Crippen molar-refractivity contribution < 1.29 is 19.0 Å². The highest BCUT2D eigenvalue weighted by atomic mass is 79.9. The van der Waals surface area contributed by atoms with Crippen molar-refractivity contribution >= 4 is 21.9 Å². The predicted molar refractivity (Wildman–Crippen MR) is 98.2 cm³/mol. The van der Waals surface area contributed by atoms with E-state index in [4.69, 9.17) is 14.2 Å². The Morgan fingerprint density at radius 3 is 1.87 bits per heavy atom. The second-order valence-electron chi connectivity index (χ2n) is 5.71. The highest BCUT2D eigenvalue weighted by Gasteiger charge is 2.02. The molecule has 0 amide bonds. The number of carbonyl (C=O) groups excluding carboxylic acids is 1. The first kappa shape index (κ1) is 22.9. The second-order valence-corrected chi connectivity index (χ2v) is 6.51. The van der Waals surface area contributed by atoms with Crippen molar-refractivity contribution in [3.05, 3.63) is 0 Å². The summed E-state index contributed by atoms with van der Waals surface area (Å²) in [7, 11) is 0. The Morgan fingerprint density at radius 2 is 1.26 bits per heavy atom. The maximum absolute atomic E-state index is 11.5. The molecule has 0 bridgehead atoms. The number of halogens is 1. The Labute approximate surface area is 150 Å². The molecule has 23 heavy (non-hydrogen) atoms. The van der Waals surface area contributed by atoms with Gasteiger partial charge in [0, 0.05) is 11.8 Å². The van der Waals surface area contributed by atoms with E-state index in [0.29, 0.717) is 39.5 Å². The highest BCUT2D eigenvalue weighted by Crippen LogP contribution is 2.10. The molecule has 0 saturated heterocycles. The summed E-state index contributed by atoms with van der Waals surface area (Å²) in [5, 5.41) is 0.837. The van der Waals surface area contributed by atoms with E-state index in [9.17, 15) is 4.79 Å². The maximum Gasteiger partial charge on any atom is 0.305 e. The van der Waals surface area contributed by atoms with E-state index < -0.39 is 0 Å². The Hall–Kier alpha value is -0.130. The fraction of sp³-hybridized carbons (Fsp3) is 0.944. The highest BCUT2D eigenvalue weighted by molar-refractivity contribution is 9.09. The van der Waals surface area contributed by atoms with E-state index in [1.807, 2.05) is 0 Å². The van der Waals surface area contributed by atoms with Crippen molar-refractivity contribution in [2.75, 3.05) is 38.4 Å². The summed E-state index contributed by atoms with van der Waals surface area (Å²) in [5.74, 6) is -0.105. The largest absolute Gasteiger partial charge is 0.463 e. The average molecular weight is 395 g/mol. The van der Waals surface area contributed by atoms with Crippen molar-refractivity contribution in [3.63, 3.8) is 0 Å². The third-order valence-electron chi connectivity index (χ3n) is 3.57. The van der Waals surface area contributed by atoms with Gasteiger partial charge in [0.25, 0.3) is 0 Å². The predicted octanol–water partition coefficient (Wildman–Crippen LogP) is 4.88. The van der Waals surface area contributed by atoms with E-state index in [1.54, 1.807) is 0 Å². The van der Waals surface area contributed by atoms with E-state index in [1.165, 1.54) is 44.9 Å². The van der Waals surface area contributed by atoms with Crippen LogP contribution in [-0.2, 0) is 19.0 Å². The molecule has 0 fully saturated rings. The summed E-state index contributed by atoms with van der Waals surface area (Å²) < 4.78 is 15.7. The monoisotopic (exact) mass is 394 g/mol. The molecule has 0 spiro atoms. The number of carbonyl (C=O) groups is 1. The SMILES string of the molecule is CCCCCCCCCCCC(=O)OCCOCCOCCBr. The van der Waals surface area contributed by atoms with Crippen molar-refractivity contribution in [3.8, 4) is 0 Å². The lowest BCUT2D eigenvalue weighted by molar-refractivity contribution is -0.145.